The second-order valence-electron chi connectivity index (χ2n) is 3.36. The highest BCUT2D eigenvalue weighted by atomic mass is 19.4. The van der Waals surface area contributed by atoms with Crippen LogP contribution in [0.15, 0.2) is 34.7 Å². The fourth-order valence-electron chi connectivity index (χ4n) is 1.43. The topological polar surface area (TPSA) is 52.0 Å². The molecule has 0 saturated heterocycles. The van der Waals surface area contributed by atoms with Gasteiger partial charge in [0, 0.05) is 5.56 Å². The average molecular weight is 242 g/mol. The van der Waals surface area contributed by atoms with Crippen LogP contribution in [0, 0.1) is 0 Å². The van der Waals surface area contributed by atoms with Gasteiger partial charge in [0.2, 0.25) is 0 Å². The van der Waals surface area contributed by atoms with Crippen LogP contribution < -0.4 is 5.73 Å². The van der Waals surface area contributed by atoms with Crippen molar-refractivity contribution in [2.75, 3.05) is 0 Å². The number of benzene rings is 1. The van der Waals surface area contributed by atoms with E-state index in [4.69, 9.17) is 5.73 Å². The summed E-state index contributed by atoms with van der Waals surface area (Å²) in [7, 11) is 0. The van der Waals surface area contributed by atoms with Crippen LogP contribution in [-0.2, 0) is 12.7 Å². The summed E-state index contributed by atoms with van der Waals surface area (Å²) in [5.41, 5.74) is 6.03. The van der Waals surface area contributed by atoms with E-state index in [9.17, 15) is 13.2 Å². The Labute approximate surface area is 95.1 Å². The third-order valence-electron chi connectivity index (χ3n) is 2.17. The Morgan fingerprint density at radius 3 is 2.35 bits per heavy atom. The zero-order valence-corrected chi connectivity index (χ0v) is 8.66. The number of aromatic nitrogens is 1. The van der Waals surface area contributed by atoms with Crippen molar-refractivity contribution in [3.63, 3.8) is 0 Å². The average Bonchev–Trinajstić information content (AvgIpc) is 2.73. The number of halogens is 3. The molecule has 0 spiro atoms. The van der Waals surface area contributed by atoms with Gasteiger partial charge in [-0.2, -0.15) is 13.2 Å². The molecule has 3 nitrogen and oxygen atoms in total. The molecule has 0 atom stereocenters. The van der Waals surface area contributed by atoms with Crippen molar-refractivity contribution in [1.29, 1.82) is 0 Å². The molecule has 1 heterocycles. The molecular formula is C11H9F3N2O. The summed E-state index contributed by atoms with van der Waals surface area (Å²) in [4.78, 5) is 3.45. The molecule has 1 aromatic heterocycles. The molecule has 17 heavy (non-hydrogen) atoms. The minimum atomic E-state index is -4.60. The number of nitrogens with two attached hydrogens (primary N) is 1. The van der Waals surface area contributed by atoms with Crippen molar-refractivity contribution in [3.8, 4) is 11.3 Å². The number of rotatable bonds is 2. The summed E-state index contributed by atoms with van der Waals surface area (Å²) in [6.45, 7) is -0.132. The van der Waals surface area contributed by atoms with Gasteiger partial charge in [0.15, 0.2) is 0 Å². The van der Waals surface area contributed by atoms with E-state index < -0.39 is 12.1 Å². The number of hydrogen-bond acceptors (Lipinski definition) is 3. The van der Waals surface area contributed by atoms with Crippen LogP contribution in [0.3, 0.4) is 0 Å². The predicted octanol–water partition coefficient (Wildman–Crippen LogP) is 2.82. The molecule has 6 heteroatoms. The Bertz CT molecular complexity index is 505. The molecule has 0 fully saturated rings. The molecule has 2 rings (SSSR count). The van der Waals surface area contributed by atoms with Crippen LogP contribution in [0.5, 0.6) is 0 Å². The molecule has 0 bridgehead atoms. The maximum Gasteiger partial charge on any atom is 0.468 e. The van der Waals surface area contributed by atoms with E-state index >= 15 is 0 Å². The summed E-state index contributed by atoms with van der Waals surface area (Å²) >= 11 is 0. The van der Waals surface area contributed by atoms with Gasteiger partial charge >= 0.3 is 12.1 Å². The van der Waals surface area contributed by atoms with Gasteiger partial charge in [-0.25, -0.2) is 4.98 Å². The van der Waals surface area contributed by atoms with Gasteiger partial charge in [-0.05, 0) is 0 Å². The van der Waals surface area contributed by atoms with Crippen LogP contribution in [0.4, 0.5) is 13.2 Å². The van der Waals surface area contributed by atoms with Gasteiger partial charge in [0.05, 0.1) is 6.54 Å². The first-order valence-corrected chi connectivity index (χ1v) is 4.84. The number of oxazole rings is 1. The van der Waals surface area contributed by atoms with Crippen molar-refractivity contribution in [1.82, 2.24) is 4.98 Å². The number of hydrogen-bond donors (Lipinski definition) is 1. The summed E-state index contributed by atoms with van der Waals surface area (Å²) in [5.74, 6) is -1.24. The molecule has 0 aliphatic carbocycles. The third kappa shape index (κ3) is 2.31. The SMILES string of the molecule is NCc1oc(C(F)(F)F)nc1-c1ccccc1. The lowest BCUT2D eigenvalue weighted by Crippen LogP contribution is -2.04. The third-order valence-corrected chi connectivity index (χ3v) is 2.17. The fourth-order valence-corrected chi connectivity index (χ4v) is 1.43. The van der Waals surface area contributed by atoms with Gasteiger partial charge in [-0.3, -0.25) is 0 Å². The summed E-state index contributed by atoms with van der Waals surface area (Å²) < 4.78 is 41.9. The zero-order chi connectivity index (χ0) is 12.5. The van der Waals surface area contributed by atoms with E-state index in [0.717, 1.165) is 0 Å². The quantitative estimate of drug-likeness (QED) is 0.880. The Morgan fingerprint density at radius 2 is 1.82 bits per heavy atom. The number of alkyl halides is 3. The highest BCUT2D eigenvalue weighted by molar-refractivity contribution is 5.61. The maximum absolute atomic E-state index is 12.4. The van der Waals surface area contributed by atoms with Crippen molar-refractivity contribution in [3.05, 3.63) is 42.0 Å². The molecule has 0 aliphatic rings. The van der Waals surface area contributed by atoms with Gasteiger partial charge in [-0.1, -0.05) is 30.3 Å². The Balaban J connectivity index is 2.51. The lowest BCUT2D eigenvalue weighted by atomic mass is 10.1. The van der Waals surface area contributed by atoms with Crippen molar-refractivity contribution >= 4 is 0 Å². The van der Waals surface area contributed by atoms with Crippen molar-refractivity contribution < 1.29 is 17.6 Å². The van der Waals surface area contributed by atoms with Crippen molar-refractivity contribution in [2.45, 2.75) is 12.7 Å². The van der Waals surface area contributed by atoms with Gasteiger partial charge in [-0.15, -0.1) is 0 Å². The van der Waals surface area contributed by atoms with Gasteiger partial charge in [0.25, 0.3) is 0 Å². The molecule has 0 unspecified atom stereocenters. The predicted molar refractivity (Wildman–Crippen MR) is 54.8 cm³/mol. The number of nitrogens with zero attached hydrogens (tertiary/aromatic N) is 1. The first-order valence-electron chi connectivity index (χ1n) is 4.84. The smallest absolute Gasteiger partial charge is 0.436 e. The Hall–Kier alpha value is -1.82. The van der Waals surface area contributed by atoms with Gasteiger partial charge in [0.1, 0.15) is 11.5 Å². The lowest BCUT2D eigenvalue weighted by Gasteiger charge is -1.97. The Kier molecular flexibility index (Phi) is 2.89. The second-order valence-corrected chi connectivity index (χ2v) is 3.36. The molecule has 2 aromatic rings. The molecule has 1 aromatic carbocycles. The standard InChI is InChI=1S/C11H9F3N2O/c12-11(13,14)10-16-9(8(6-15)17-10)7-4-2-1-3-5-7/h1-5H,6,15H2. The molecule has 0 radical (unpaired) electrons. The summed E-state index contributed by atoms with van der Waals surface area (Å²) in [6.07, 6.45) is -4.60. The normalized spacial score (nSPS) is 11.8. The molecule has 0 aliphatic heterocycles. The molecular weight excluding hydrogens is 233 g/mol. The molecule has 0 saturated carbocycles. The van der Waals surface area contributed by atoms with E-state index in [1.807, 2.05) is 0 Å². The van der Waals surface area contributed by atoms with E-state index in [0.29, 0.717) is 5.56 Å². The monoisotopic (exact) mass is 242 g/mol. The lowest BCUT2D eigenvalue weighted by molar-refractivity contribution is -0.157. The van der Waals surface area contributed by atoms with Crippen LogP contribution in [0.1, 0.15) is 11.7 Å². The van der Waals surface area contributed by atoms with Crippen LogP contribution in [0.2, 0.25) is 0 Å². The van der Waals surface area contributed by atoms with Crippen LogP contribution in [-0.4, -0.2) is 4.98 Å². The summed E-state index contributed by atoms with van der Waals surface area (Å²) in [5, 5.41) is 0. The van der Waals surface area contributed by atoms with E-state index in [-0.39, 0.29) is 18.0 Å². The highest BCUT2D eigenvalue weighted by Crippen LogP contribution is 2.33. The summed E-state index contributed by atoms with van der Waals surface area (Å²) in [6, 6.07) is 8.47. The largest absolute Gasteiger partial charge is 0.468 e. The maximum atomic E-state index is 12.4. The van der Waals surface area contributed by atoms with Gasteiger partial charge < -0.3 is 10.2 Å². The fraction of sp³-hybridized carbons (Fsp3) is 0.182. The Morgan fingerprint density at radius 1 is 1.18 bits per heavy atom. The van der Waals surface area contributed by atoms with Crippen molar-refractivity contribution in [2.24, 2.45) is 5.73 Å². The van der Waals surface area contributed by atoms with E-state index in [1.54, 1.807) is 30.3 Å². The molecule has 0 amide bonds. The highest BCUT2D eigenvalue weighted by Gasteiger charge is 2.38. The zero-order valence-electron chi connectivity index (χ0n) is 8.66. The second kappa shape index (κ2) is 4.21. The minimum absolute atomic E-state index is 0.0310. The van der Waals surface area contributed by atoms with Crippen LogP contribution >= 0.6 is 0 Å². The molecule has 2 N–H and O–H groups in total. The minimum Gasteiger partial charge on any atom is -0.436 e. The van der Waals surface area contributed by atoms with E-state index in [1.165, 1.54) is 0 Å². The van der Waals surface area contributed by atoms with Crippen LogP contribution in [0.25, 0.3) is 11.3 Å². The molecule has 90 valence electrons. The first kappa shape index (κ1) is 11.7. The van der Waals surface area contributed by atoms with E-state index in [2.05, 4.69) is 9.40 Å². The first-order chi connectivity index (χ1) is 8.02.